The lowest BCUT2D eigenvalue weighted by Gasteiger charge is -2.37. The van der Waals surface area contributed by atoms with Gasteiger partial charge in [0.1, 0.15) is 11.9 Å². The summed E-state index contributed by atoms with van der Waals surface area (Å²) in [6.45, 7) is 3.14. The van der Waals surface area contributed by atoms with Gasteiger partial charge < -0.3 is 10.4 Å². The molecule has 0 spiro atoms. The van der Waals surface area contributed by atoms with E-state index in [2.05, 4.69) is 16.4 Å². The van der Waals surface area contributed by atoms with Crippen molar-refractivity contribution in [2.45, 2.75) is 31.7 Å². The standard InChI is InChI=1S/C25H30N4O4/c30-21(11-10-20-9-8-19-7-4-12-26-24(19)27-20)22(31)17-28-13-15-29(16-14-28)23(25(32)33)18-5-2-1-3-6-18/h1-3,5-6,8-9,23H,4,7,10-17H2,(H,26,27)(H,32,33). The molecule has 2 aliphatic rings. The van der Waals surface area contributed by atoms with Crippen LogP contribution in [0, 0.1) is 0 Å². The molecule has 4 rings (SSSR count). The summed E-state index contributed by atoms with van der Waals surface area (Å²) in [6, 6.07) is 12.5. The van der Waals surface area contributed by atoms with Crippen LogP contribution >= 0.6 is 0 Å². The van der Waals surface area contributed by atoms with Crippen LogP contribution in [0.1, 0.15) is 35.7 Å². The molecule has 0 saturated carbocycles. The lowest BCUT2D eigenvalue weighted by molar-refractivity contribution is -0.144. The second-order valence-corrected chi connectivity index (χ2v) is 8.65. The number of carboxylic acid groups (broad SMARTS) is 1. The van der Waals surface area contributed by atoms with Crippen molar-refractivity contribution in [3.05, 3.63) is 59.3 Å². The Labute approximate surface area is 193 Å². The first kappa shape index (κ1) is 23.1. The predicted octanol–water partition coefficient (Wildman–Crippen LogP) is 1.95. The molecule has 33 heavy (non-hydrogen) atoms. The zero-order valence-corrected chi connectivity index (χ0v) is 18.7. The van der Waals surface area contributed by atoms with Crippen molar-refractivity contribution in [3.8, 4) is 0 Å². The number of carboxylic acids is 1. The van der Waals surface area contributed by atoms with Gasteiger partial charge in [-0.3, -0.25) is 24.2 Å². The first-order valence-corrected chi connectivity index (χ1v) is 11.5. The summed E-state index contributed by atoms with van der Waals surface area (Å²) in [6.07, 6.45) is 2.71. The fourth-order valence-corrected chi connectivity index (χ4v) is 4.50. The quantitative estimate of drug-likeness (QED) is 0.559. The first-order chi connectivity index (χ1) is 16.0. The van der Waals surface area contributed by atoms with E-state index in [4.69, 9.17) is 0 Å². The molecule has 2 aliphatic heterocycles. The van der Waals surface area contributed by atoms with Crippen LogP contribution in [0.25, 0.3) is 0 Å². The number of Topliss-reactive ketones (excluding diaryl/α,β-unsaturated/α-hetero) is 2. The van der Waals surface area contributed by atoms with Crippen molar-refractivity contribution in [1.82, 2.24) is 14.8 Å². The van der Waals surface area contributed by atoms with E-state index in [0.717, 1.165) is 36.5 Å². The molecular weight excluding hydrogens is 420 g/mol. The number of aliphatic carboxylic acids is 1. The number of aryl methyl sites for hydroxylation is 2. The molecule has 8 nitrogen and oxygen atoms in total. The van der Waals surface area contributed by atoms with Crippen LogP contribution in [0.15, 0.2) is 42.5 Å². The normalized spacial score (nSPS) is 17.6. The number of carbonyl (C=O) groups excluding carboxylic acids is 2. The average molecular weight is 451 g/mol. The maximum atomic E-state index is 12.5. The fraction of sp³-hybridized carbons (Fsp3) is 0.440. The highest BCUT2D eigenvalue weighted by Gasteiger charge is 2.31. The lowest BCUT2D eigenvalue weighted by atomic mass is 10.0. The summed E-state index contributed by atoms with van der Waals surface area (Å²) in [5.41, 5.74) is 2.76. The molecule has 1 unspecified atom stereocenters. The maximum absolute atomic E-state index is 12.5. The molecule has 0 radical (unpaired) electrons. The summed E-state index contributed by atoms with van der Waals surface area (Å²) >= 11 is 0. The third-order valence-electron chi connectivity index (χ3n) is 6.36. The van der Waals surface area contributed by atoms with E-state index >= 15 is 0 Å². The highest BCUT2D eigenvalue weighted by molar-refractivity contribution is 6.38. The van der Waals surface area contributed by atoms with Crippen LogP contribution in [-0.2, 0) is 27.2 Å². The van der Waals surface area contributed by atoms with Gasteiger partial charge in [-0.05, 0) is 36.5 Å². The summed E-state index contributed by atoms with van der Waals surface area (Å²) < 4.78 is 0. The Bertz CT molecular complexity index is 1000. The van der Waals surface area contributed by atoms with Crippen molar-refractivity contribution < 1.29 is 19.5 Å². The van der Waals surface area contributed by atoms with Crippen LogP contribution in [0.4, 0.5) is 5.82 Å². The summed E-state index contributed by atoms with van der Waals surface area (Å²) in [5.74, 6) is -0.757. The number of nitrogens with zero attached hydrogens (tertiary/aromatic N) is 3. The van der Waals surface area contributed by atoms with Gasteiger partial charge in [-0.1, -0.05) is 36.4 Å². The van der Waals surface area contributed by atoms with Crippen molar-refractivity contribution in [3.63, 3.8) is 0 Å². The van der Waals surface area contributed by atoms with Crippen LogP contribution in [0.3, 0.4) is 0 Å². The largest absolute Gasteiger partial charge is 0.480 e. The molecule has 0 bridgehead atoms. The molecule has 1 aromatic heterocycles. The van der Waals surface area contributed by atoms with Gasteiger partial charge in [-0.25, -0.2) is 4.98 Å². The zero-order chi connectivity index (χ0) is 23.2. The number of piperazine rings is 1. The fourth-order valence-electron chi connectivity index (χ4n) is 4.50. The minimum absolute atomic E-state index is 0.0783. The third-order valence-corrected chi connectivity index (χ3v) is 6.36. The van der Waals surface area contributed by atoms with Crippen molar-refractivity contribution in [2.24, 2.45) is 0 Å². The van der Waals surface area contributed by atoms with E-state index in [9.17, 15) is 19.5 Å². The minimum Gasteiger partial charge on any atom is -0.480 e. The average Bonchev–Trinajstić information content (AvgIpc) is 2.84. The number of hydrogen-bond acceptors (Lipinski definition) is 7. The van der Waals surface area contributed by atoms with Crippen molar-refractivity contribution >= 4 is 23.4 Å². The number of carbonyl (C=O) groups is 3. The van der Waals surface area contributed by atoms with Crippen molar-refractivity contribution in [2.75, 3.05) is 44.6 Å². The number of pyridine rings is 1. The van der Waals surface area contributed by atoms with Gasteiger partial charge in [0, 0.05) is 44.8 Å². The molecule has 1 aromatic carbocycles. The molecule has 174 valence electrons. The van der Waals surface area contributed by atoms with E-state index < -0.39 is 17.8 Å². The Balaban J connectivity index is 1.25. The van der Waals surface area contributed by atoms with Gasteiger partial charge in [-0.15, -0.1) is 0 Å². The number of rotatable bonds is 9. The smallest absolute Gasteiger partial charge is 0.325 e. The summed E-state index contributed by atoms with van der Waals surface area (Å²) in [4.78, 5) is 45.2. The molecule has 1 atom stereocenters. The minimum atomic E-state index is -0.883. The Morgan fingerprint density at radius 2 is 1.76 bits per heavy atom. The van der Waals surface area contributed by atoms with Gasteiger partial charge in [0.25, 0.3) is 0 Å². The van der Waals surface area contributed by atoms with Gasteiger partial charge in [0.2, 0.25) is 5.78 Å². The van der Waals surface area contributed by atoms with Gasteiger partial charge >= 0.3 is 5.97 Å². The molecule has 2 N–H and O–H groups in total. The number of benzene rings is 1. The molecule has 1 fully saturated rings. The van der Waals surface area contributed by atoms with E-state index in [-0.39, 0.29) is 18.7 Å². The Morgan fingerprint density at radius 1 is 1.00 bits per heavy atom. The number of ketones is 2. The molecular formula is C25H30N4O4. The van der Waals surface area contributed by atoms with E-state index in [1.54, 1.807) is 0 Å². The lowest BCUT2D eigenvalue weighted by Crippen LogP contribution is -2.50. The number of fused-ring (bicyclic) bond motifs is 1. The summed E-state index contributed by atoms with van der Waals surface area (Å²) in [5, 5.41) is 13.0. The molecule has 1 saturated heterocycles. The maximum Gasteiger partial charge on any atom is 0.325 e. The number of hydrogen-bond donors (Lipinski definition) is 2. The Hall–Kier alpha value is -3.10. The topological polar surface area (TPSA) is 103 Å². The second-order valence-electron chi connectivity index (χ2n) is 8.65. The van der Waals surface area contributed by atoms with Gasteiger partial charge in [-0.2, -0.15) is 0 Å². The van der Waals surface area contributed by atoms with Crippen LogP contribution in [0.2, 0.25) is 0 Å². The van der Waals surface area contributed by atoms with Crippen LogP contribution < -0.4 is 5.32 Å². The van der Waals surface area contributed by atoms with Gasteiger partial charge in [0.15, 0.2) is 5.78 Å². The molecule has 0 aliphatic carbocycles. The third kappa shape index (κ3) is 5.83. The number of anilines is 1. The molecule has 8 heteroatoms. The first-order valence-electron chi connectivity index (χ1n) is 11.5. The molecule has 2 aromatic rings. The van der Waals surface area contributed by atoms with Crippen molar-refractivity contribution in [1.29, 1.82) is 0 Å². The van der Waals surface area contributed by atoms with Crippen LogP contribution in [0.5, 0.6) is 0 Å². The number of aromatic nitrogens is 1. The van der Waals surface area contributed by atoms with Gasteiger partial charge in [0.05, 0.1) is 6.54 Å². The van der Waals surface area contributed by atoms with E-state index in [0.29, 0.717) is 32.6 Å². The molecule has 3 heterocycles. The summed E-state index contributed by atoms with van der Waals surface area (Å²) in [7, 11) is 0. The van der Waals surface area contributed by atoms with E-state index in [1.807, 2.05) is 46.2 Å². The monoisotopic (exact) mass is 450 g/mol. The SMILES string of the molecule is O=C(CCc1ccc2c(n1)NCCC2)C(=O)CN1CCN(C(C(=O)O)c2ccccc2)CC1. The molecule has 0 amide bonds. The highest BCUT2D eigenvalue weighted by Crippen LogP contribution is 2.23. The predicted molar refractivity (Wildman–Crippen MR) is 124 cm³/mol. The zero-order valence-electron chi connectivity index (χ0n) is 18.7. The Kier molecular flexibility index (Phi) is 7.47. The number of nitrogens with one attached hydrogen (secondary N) is 1. The van der Waals surface area contributed by atoms with Crippen LogP contribution in [-0.4, -0.2) is 76.7 Å². The highest BCUT2D eigenvalue weighted by atomic mass is 16.4. The van der Waals surface area contributed by atoms with E-state index in [1.165, 1.54) is 5.56 Å². The second kappa shape index (κ2) is 10.7. The Morgan fingerprint density at radius 3 is 2.48 bits per heavy atom.